The Morgan fingerprint density at radius 3 is 1.57 bits per heavy atom. The van der Waals surface area contributed by atoms with E-state index in [1.807, 2.05) is 19.0 Å². The average Bonchev–Trinajstić information content (AvgIpc) is 3.12. The number of unbranched alkanes of at least 4 members (excludes halogenated alkanes) is 19. The molecule has 0 aromatic heterocycles. The molecule has 0 spiro atoms. The van der Waals surface area contributed by atoms with Crippen LogP contribution >= 0.6 is 7.82 Å². The zero-order valence-electron chi connectivity index (χ0n) is 34.5. The van der Waals surface area contributed by atoms with Crippen molar-refractivity contribution >= 4 is 19.8 Å². The van der Waals surface area contributed by atoms with Crippen molar-refractivity contribution in [1.82, 2.24) is 4.90 Å². The first-order valence-corrected chi connectivity index (χ1v) is 22.8. The standard InChI is InChI=1S/C43H80NO8P/c1-5-7-9-11-13-15-17-19-20-21-22-24-25-27-29-31-33-35-42(45)49-39-41(40-51-53(47,48)50-38-37-44(3)4)52-43(46)36-34-32-30-28-26-23-18-16-14-12-10-8-6-2/h19-20,22,24,27,29,41H,5-18,21,23,25-26,28,30-40H2,1-4H3,(H,47,48)/b20-19-,24-22-,29-27-. The third kappa shape index (κ3) is 39.7. The van der Waals surface area contributed by atoms with Crippen LogP contribution in [0.15, 0.2) is 36.5 Å². The second-order valence-corrected chi connectivity index (χ2v) is 16.0. The molecule has 0 aromatic rings. The zero-order chi connectivity index (χ0) is 39.1. The number of allylic oxidation sites excluding steroid dienone is 6. The molecule has 310 valence electrons. The molecule has 2 atom stereocenters. The van der Waals surface area contributed by atoms with Gasteiger partial charge in [0.15, 0.2) is 6.10 Å². The Hall–Kier alpha value is -1.77. The molecule has 2 unspecified atom stereocenters. The number of phosphoric ester groups is 1. The first-order valence-electron chi connectivity index (χ1n) is 21.3. The normalized spacial score (nSPS) is 13.8. The van der Waals surface area contributed by atoms with Gasteiger partial charge in [-0.15, -0.1) is 0 Å². The topological polar surface area (TPSA) is 112 Å². The Morgan fingerprint density at radius 1 is 0.585 bits per heavy atom. The summed E-state index contributed by atoms with van der Waals surface area (Å²) in [6.07, 6.45) is 40.5. The third-order valence-corrected chi connectivity index (χ3v) is 9.93. The van der Waals surface area contributed by atoms with Crippen molar-refractivity contribution in [3.05, 3.63) is 36.5 Å². The van der Waals surface area contributed by atoms with Gasteiger partial charge in [-0.05, 0) is 59.0 Å². The van der Waals surface area contributed by atoms with E-state index in [2.05, 4.69) is 50.3 Å². The molecule has 0 fully saturated rings. The quantitative estimate of drug-likeness (QED) is 0.0282. The summed E-state index contributed by atoms with van der Waals surface area (Å²) in [5.41, 5.74) is 0. The molecule has 0 aromatic carbocycles. The van der Waals surface area contributed by atoms with Gasteiger partial charge in [0, 0.05) is 19.4 Å². The molecule has 0 bridgehead atoms. The molecule has 0 aliphatic carbocycles. The van der Waals surface area contributed by atoms with Crippen LogP contribution in [0.25, 0.3) is 0 Å². The van der Waals surface area contributed by atoms with Crippen molar-refractivity contribution in [2.75, 3.05) is 40.5 Å². The Labute approximate surface area is 325 Å². The SMILES string of the molecule is CCCCCCCC/C=C\C/C=C\C/C=C\CCCC(=O)OCC(COP(=O)(O)OCCN(C)C)OC(=O)CCCCCCCCCCCCCCC. The maximum absolute atomic E-state index is 12.6. The van der Waals surface area contributed by atoms with Gasteiger partial charge in [-0.2, -0.15) is 0 Å². The number of ether oxygens (including phenoxy) is 2. The van der Waals surface area contributed by atoms with Gasteiger partial charge in [-0.25, -0.2) is 4.57 Å². The summed E-state index contributed by atoms with van der Waals surface area (Å²) in [5.74, 6) is -0.861. The number of carbonyl (C=O) groups excluding carboxylic acids is 2. The summed E-state index contributed by atoms with van der Waals surface area (Å²) in [4.78, 5) is 36.9. The van der Waals surface area contributed by atoms with E-state index in [1.165, 1.54) is 109 Å². The number of likely N-dealkylation sites (N-methyl/N-ethyl adjacent to an activating group) is 1. The number of esters is 2. The molecule has 0 rings (SSSR count). The second kappa shape index (κ2) is 38.5. The Morgan fingerprint density at radius 2 is 1.04 bits per heavy atom. The fraction of sp³-hybridized carbons (Fsp3) is 0.814. The van der Waals surface area contributed by atoms with Crippen LogP contribution in [0.1, 0.15) is 181 Å². The van der Waals surface area contributed by atoms with E-state index in [9.17, 15) is 19.0 Å². The lowest BCUT2D eigenvalue weighted by atomic mass is 10.0. The molecule has 9 nitrogen and oxygen atoms in total. The lowest BCUT2D eigenvalue weighted by Gasteiger charge is -2.20. The Bertz CT molecular complexity index is 983. The van der Waals surface area contributed by atoms with Crippen LogP contribution in [0, 0.1) is 0 Å². The maximum Gasteiger partial charge on any atom is 0.472 e. The number of nitrogens with zero attached hydrogens (tertiary/aromatic N) is 1. The molecule has 1 N–H and O–H groups in total. The third-order valence-electron chi connectivity index (χ3n) is 8.95. The van der Waals surface area contributed by atoms with Crippen LogP contribution in [0.2, 0.25) is 0 Å². The summed E-state index contributed by atoms with van der Waals surface area (Å²) in [6.45, 7) is 4.26. The molecule has 0 radical (unpaired) electrons. The molecule has 10 heteroatoms. The smallest absolute Gasteiger partial charge is 0.462 e. The molecule has 0 saturated carbocycles. The van der Waals surface area contributed by atoms with Gasteiger partial charge in [-0.1, -0.05) is 159 Å². The van der Waals surface area contributed by atoms with Crippen molar-refractivity contribution < 1.29 is 37.6 Å². The average molecular weight is 770 g/mol. The summed E-state index contributed by atoms with van der Waals surface area (Å²) in [5, 5.41) is 0. The fourth-order valence-electron chi connectivity index (χ4n) is 5.64. The zero-order valence-corrected chi connectivity index (χ0v) is 35.3. The van der Waals surface area contributed by atoms with E-state index < -0.39 is 32.5 Å². The van der Waals surface area contributed by atoms with Crippen LogP contribution in [-0.2, 0) is 32.7 Å². The van der Waals surface area contributed by atoms with Crippen LogP contribution < -0.4 is 0 Å². The second-order valence-electron chi connectivity index (χ2n) is 14.5. The maximum atomic E-state index is 12.6. The Kier molecular flexibility index (Phi) is 37.2. The minimum absolute atomic E-state index is 0.000694. The molecule has 0 saturated heterocycles. The highest BCUT2D eigenvalue weighted by molar-refractivity contribution is 7.47. The summed E-state index contributed by atoms with van der Waals surface area (Å²) in [7, 11) is -0.728. The van der Waals surface area contributed by atoms with Crippen LogP contribution in [0.3, 0.4) is 0 Å². The largest absolute Gasteiger partial charge is 0.472 e. The van der Waals surface area contributed by atoms with E-state index in [0.717, 1.165) is 32.1 Å². The summed E-state index contributed by atoms with van der Waals surface area (Å²) < 4.78 is 33.4. The van der Waals surface area contributed by atoms with Crippen molar-refractivity contribution in [3.63, 3.8) is 0 Å². The van der Waals surface area contributed by atoms with E-state index >= 15 is 0 Å². The predicted octanol–water partition coefficient (Wildman–Crippen LogP) is 12.0. The highest BCUT2D eigenvalue weighted by atomic mass is 31.2. The first-order chi connectivity index (χ1) is 25.7. The Balaban J connectivity index is 4.38. The van der Waals surface area contributed by atoms with Crippen molar-refractivity contribution in [2.45, 2.75) is 187 Å². The number of phosphoric acid groups is 1. The number of rotatable bonds is 39. The van der Waals surface area contributed by atoms with E-state index in [4.69, 9.17) is 18.5 Å². The summed E-state index contributed by atoms with van der Waals surface area (Å²) >= 11 is 0. The monoisotopic (exact) mass is 770 g/mol. The minimum Gasteiger partial charge on any atom is -0.462 e. The van der Waals surface area contributed by atoms with Crippen molar-refractivity contribution in [2.24, 2.45) is 0 Å². The predicted molar refractivity (Wildman–Crippen MR) is 220 cm³/mol. The molecular weight excluding hydrogens is 689 g/mol. The lowest BCUT2D eigenvalue weighted by molar-refractivity contribution is -0.161. The van der Waals surface area contributed by atoms with Gasteiger partial charge in [0.2, 0.25) is 0 Å². The van der Waals surface area contributed by atoms with E-state index in [0.29, 0.717) is 19.4 Å². The lowest BCUT2D eigenvalue weighted by Crippen LogP contribution is -2.29. The number of hydrogen-bond donors (Lipinski definition) is 1. The summed E-state index contributed by atoms with van der Waals surface area (Å²) in [6, 6.07) is 0. The van der Waals surface area contributed by atoms with Gasteiger partial charge in [0.05, 0.1) is 13.2 Å². The van der Waals surface area contributed by atoms with Gasteiger partial charge < -0.3 is 19.3 Å². The minimum atomic E-state index is -4.37. The van der Waals surface area contributed by atoms with Crippen LogP contribution in [-0.4, -0.2) is 68.3 Å². The highest BCUT2D eigenvalue weighted by Gasteiger charge is 2.26. The van der Waals surface area contributed by atoms with Crippen LogP contribution in [0.4, 0.5) is 0 Å². The van der Waals surface area contributed by atoms with E-state index in [1.54, 1.807) is 0 Å². The fourth-order valence-corrected chi connectivity index (χ4v) is 6.39. The molecule has 0 aliphatic heterocycles. The molecule has 0 heterocycles. The molecule has 0 aliphatic rings. The first kappa shape index (κ1) is 51.2. The van der Waals surface area contributed by atoms with Gasteiger partial charge in [0.1, 0.15) is 6.61 Å². The van der Waals surface area contributed by atoms with Crippen molar-refractivity contribution in [3.8, 4) is 0 Å². The number of hydrogen-bond acceptors (Lipinski definition) is 8. The molecular formula is C43H80NO8P. The van der Waals surface area contributed by atoms with E-state index in [-0.39, 0.29) is 26.1 Å². The van der Waals surface area contributed by atoms with Gasteiger partial charge in [-0.3, -0.25) is 18.6 Å². The number of carbonyl (C=O) groups is 2. The highest BCUT2D eigenvalue weighted by Crippen LogP contribution is 2.43. The van der Waals surface area contributed by atoms with Crippen LogP contribution in [0.5, 0.6) is 0 Å². The van der Waals surface area contributed by atoms with Crippen molar-refractivity contribution in [1.29, 1.82) is 0 Å². The molecule has 0 amide bonds. The van der Waals surface area contributed by atoms with Gasteiger partial charge >= 0.3 is 19.8 Å². The van der Waals surface area contributed by atoms with Gasteiger partial charge in [0.25, 0.3) is 0 Å². The molecule has 53 heavy (non-hydrogen) atoms.